The van der Waals surface area contributed by atoms with Gasteiger partial charge in [0.1, 0.15) is 5.69 Å². The zero-order chi connectivity index (χ0) is 31.2. The molecule has 0 atom stereocenters. The number of methoxy groups -OCH3 is 2. The molecule has 2 aromatic carbocycles. The van der Waals surface area contributed by atoms with Crippen molar-refractivity contribution >= 4 is 34.7 Å². The van der Waals surface area contributed by atoms with Gasteiger partial charge in [0.2, 0.25) is 11.8 Å². The summed E-state index contributed by atoms with van der Waals surface area (Å²) in [5.74, 6) is 1.43. The molecule has 0 aliphatic carbocycles. The molecule has 0 fully saturated rings. The van der Waals surface area contributed by atoms with Crippen LogP contribution in [0.5, 0.6) is 11.8 Å². The van der Waals surface area contributed by atoms with Crippen LogP contribution in [0.4, 0.5) is 0 Å². The number of halogens is 2. The largest absolute Gasteiger partial charge is 0.479 e. The predicted molar refractivity (Wildman–Crippen MR) is 175 cm³/mol. The lowest BCUT2D eigenvalue weighted by atomic mass is 9.89. The molecule has 226 valence electrons. The van der Waals surface area contributed by atoms with Crippen molar-refractivity contribution in [2.75, 3.05) is 27.3 Å². The first-order valence-electron chi connectivity index (χ1n) is 14.3. The van der Waals surface area contributed by atoms with E-state index in [1.54, 1.807) is 26.6 Å². The summed E-state index contributed by atoms with van der Waals surface area (Å²) in [7, 11) is 3.15. The summed E-state index contributed by atoms with van der Waals surface area (Å²) in [6.07, 6.45) is 4.20. The maximum atomic E-state index is 7.05. The molecule has 9 nitrogen and oxygen atoms in total. The quantitative estimate of drug-likeness (QED) is 0.236. The molecule has 6 rings (SSSR count). The van der Waals surface area contributed by atoms with E-state index in [2.05, 4.69) is 43.0 Å². The second-order valence-corrected chi connectivity index (χ2v) is 13.1. The summed E-state index contributed by atoms with van der Waals surface area (Å²) in [6.45, 7) is 9.91. The minimum atomic E-state index is -0.160. The number of aromatic nitrogens is 4. The van der Waals surface area contributed by atoms with Crippen molar-refractivity contribution in [1.29, 1.82) is 0 Å². The molecular weight excluding hydrogens is 597 g/mol. The summed E-state index contributed by atoms with van der Waals surface area (Å²) in [6, 6.07) is 11.5. The Labute approximate surface area is 266 Å². The van der Waals surface area contributed by atoms with Crippen molar-refractivity contribution in [2.45, 2.75) is 39.7 Å². The van der Waals surface area contributed by atoms with E-state index < -0.39 is 0 Å². The molecular formula is C33H33Cl2N7O2. The minimum Gasteiger partial charge on any atom is -0.479 e. The van der Waals surface area contributed by atoms with Crippen molar-refractivity contribution in [2.24, 2.45) is 15.4 Å². The number of hydrogen-bond acceptors (Lipinski definition) is 9. The van der Waals surface area contributed by atoms with Crippen molar-refractivity contribution in [1.82, 2.24) is 25.3 Å². The molecule has 0 spiro atoms. The Bertz CT molecular complexity index is 1700. The van der Waals surface area contributed by atoms with Crippen molar-refractivity contribution < 1.29 is 9.47 Å². The fraction of sp³-hybridized carbons (Fsp3) is 0.333. The van der Waals surface area contributed by atoms with Gasteiger partial charge in [-0.3, -0.25) is 9.98 Å². The van der Waals surface area contributed by atoms with E-state index in [-0.39, 0.29) is 11.0 Å². The number of ether oxygens (including phenoxy) is 2. The standard InChI is InChI=1S/C33H33Cl2N7O2/c1-32(2)13-22(38-16-32)27-30(43-5)40-23(14-36-27)20-11-7-9-18(25(20)34)19-10-8-12-21(26(19)35)24-15-37-28(31(41-24)44-6)29-39-17-33(3,4)42-29/h7-12,14-15H,13,16-17H2,1-6H3,(H,39,42). The van der Waals surface area contributed by atoms with Gasteiger partial charge in [-0.2, -0.15) is 0 Å². The lowest BCUT2D eigenvalue weighted by Crippen LogP contribution is -2.40. The Morgan fingerprint density at radius 3 is 1.70 bits per heavy atom. The van der Waals surface area contributed by atoms with Gasteiger partial charge >= 0.3 is 0 Å². The van der Waals surface area contributed by atoms with Crippen LogP contribution in [0.3, 0.4) is 0 Å². The van der Waals surface area contributed by atoms with E-state index in [0.29, 0.717) is 68.1 Å². The van der Waals surface area contributed by atoms with Crippen LogP contribution in [0.2, 0.25) is 10.0 Å². The number of nitrogens with zero attached hydrogens (tertiary/aromatic N) is 6. The highest BCUT2D eigenvalue weighted by atomic mass is 35.5. The molecule has 1 N–H and O–H groups in total. The third kappa shape index (κ3) is 5.62. The third-order valence-corrected chi connectivity index (χ3v) is 8.45. The highest BCUT2D eigenvalue weighted by Crippen LogP contribution is 2.42. The van der Waals surface area contributed by atoms with E-state index in [1.807, 2.05) is 36.4 Å². The van der Waals surface area contributed by atoms with Crippen LogP contribution >= 0.6 is 23.2 Å². The molecule has 0 amide bonds. The van der Waals surface area contributed by atoms with E-state index in [0.717, 1.165) is 29.8 Å². The fourth-order valence-electron chi connectivity index (χ4n) is 5.37. The summed E-state index contributed by atoms with van der Waals surface area (Å²) < 4.78 is 11.3. The number of rotatable bonds is 7. The number of hydrogen-bond donors (Lipinski definition) is 1. The average molecular weight is 631 g/mol. The first kappa shape index (κ1) is 30.0. The molecule has 0 unspecified atom stereocenters. The summed E-state index contributed by atoms with van der Waals surface area (Å²) in [5, 5.41) is 4.35. The van der Waals surface area contributed by atoms with Crippen LogP contribution < -0.4 is 14.8 Å². The monoisotopic (exact) mass is 629 g/mol. The van der Waals surface area contributed by atoms with Gasteiger partial charge in [0.15, 0.2) is 11.5 Å². The van der Waals surface area contributed by atoms with E-state index in [4.69, 9.17) is 52.6 Å². The Morgan fingerprint density at radius 2 is 1.23 bits per heavy atom. The highest BCUT2D eigenvalue weighted by Gasteiger charge is 2.31. The van der Waals surface area contributed by atoms with E-state index in [9.17, 15) is 0 Å². The van der Waals surface area contributed by atoms with Gasteiger partial charge in [-0.05, 0) is 25.7 Å². The molecule has 0 radical (unpaired) electrons. The lowest BCUT2D eigenvalue weighted by molar-refractivity contribution is 0.394. The number of amidine groups is 1. The first-order chi connectivity index (χ1) is 21.0. The maximum Gasteiger partial charge on any atom is 0.244 e. The lowest BCUT2D eigenvalue weighted by Gasteiger charge is -2.18. The summed E-state index contributed by atoms with van der Waals surface area (Å²) in [4.78, 5) is 28.1. The van der Waals surface area contributed by atoms with Crippen molar-refractivity contribution in [3.8, 4) is 45.4 Å². The molecule has 11 heteroatoms. The normalized spacial score (nSPS) is 16.7. The Balaban J connectivity index is 1.35. The second kappa shape index (κ2) is 11.4. The second-order valence-electron chi connectivity index (χ2n) is 12.3. The summed E-state index contributed by atoms with van der Waals surface area (Å²) >= 11 is 14.1. The minimum absolute atomic E-state index is 0.0873. The van der Waals surface area contributed by atoms with Gasteiger partial charge in [-0.15, -0.1) is 0 Å². The molecule has 44 heavy (non-hydrogen) atoms. The van der Waals surface area contributed by atoms with Crippen LogP contribution in [0.25, 0.3) is 33.6 Å². The zero-order valence-corrected chi connectivity index (χ0v) is 27.0. The fourth-order valence-corrected chi connectivity index (χ4v) is 6.02. The topological polar surface area (TPSA) is 107 Å². The maximum absolute atomic E-state index is 7.05. The Morgan fingerprint density at radius 1 is 0.705 bits per heavy atom. The average Bonchev–Trinajstić information content (AvgIpc) is 3.57. The number of aliphatic imine (C=N–C) groups is 2. The predicted octanol–water partition coefficient (Wildman–Crippen LogP) is 6.94. The Kier molecular flexibility index (Phi) is 7.80. The Hall–Kier alpha value is -4.08. The molecule has 0 saturated carbocycles. The smallest absolute Gasteiger partial charge is 0.244 e. The van der Waals surface area contributed by atoms with Gasteiger partial charge < -0.3 is 14.8 Å². The number of nitrogens with one attached hydrogen (secondary N) is 1. The van der Waals surface area contributed by atoms with Gasteiger partial charge in [0.25, 0.3) is 0 Å². The highest BCUT2D eigenvalue weighted by molar-refractivity contribution is 6.39. The SMILES string of the molecule is COc1nc(-c2cccc(-c3cccc(-c4cnc(C5=NCC(C)(C)N5)c(OC)n4)c3Cl)c2Cl)cnc1C1=NCC(C)(C)C1. The van der Waals surface area contributed by atoms with Gasteiger partial charge in [-0.25, -0.2) is 19.9 Å². The first-order valence-corrected chi connectivity index (χ1v) is 15.0. The molecule has 0 saturated heterocycles. The van der Waals surface area contributed by atoms with E-state index >= 15 is 0 Å². The molecule has 2 aliphatic heterocycles. The third-order valence-electron chi connectivity index (χ3n) is 7.64. The molecule has 4 aromatic rings. The van der Waals surface area contributed by atoms with Crippen LogP contribution in [-0.4, -0.2) is 64.3 Å². The summed E-state index contributed by atoms with van der Waals surface area (Å²) in [5.41, 5.74) is 6.06. The van der Waals surface area contributed by atoms with Crippen molar-refractivity contribution in [3.63, 3.8) is 0 Å². The van der Waals surface area contributed by atoms with Gasteiger partial charge in [-0.1, -0.05) is 73.4 Å². The molecule has 4 heterocycles. The molecule has 2 aliphatic rings. The van der Waals surface area contributed by atoms with Gasteiger partial charge in [0, 0.05) is 28.8 Å². The van der Waals surface area contributed by atoms with Crippen LogP contribution in [0.15, 0.2) is 58.8 Å². The zero-order valence-electron chi connectivity index (χ0n) is 25.5. The van der Waals surface area contributed by atoms with Crippen LogP contribution in [-0.2, 0) is 0 Å². The van der Waals surface area contributed by atoms with Crippen LogP contribution in [0, 0.1) is 5.41 Å². The van der Waals surface area contributed by atoms with Crippen molar-refractivity contribution in [3.05, 3.63) is 70.2 Å². The van der Waals surface area contributed by atoms with Crippen LogP contribution in [0.1, 0.15) is 45.5 Å². The van der Waals surface area contributed by atoms with E-state index in [1.165, 1.54) is 0 Å². The molecule has 2 aromatic heterocycles. The molecule has 0 bridgehead atoms. The van der Waals surface area contributed by atoms with Gasteiger partial charge in [0.05, 0.1) is 65.8 Å². The number of benzene rings is 2.